The Balaban J connectivity index is 1.53. The van der Waals surface area contributed by atoms with Gasteiger partial charge < -0.3 is 15.5 Å². The number of para-hydroxylation sites is 1. The van der Waals surface area contributed by atoms with Crippen LogP contribution >= 0.6 is 0 Å². The molecular weight excluding hydrogens is 349 g/mol. The second-order valence-corrected chi connectivity index (χ2v) is 7.96. The van der Waals surface area contributed by atoms with Crippen LogP contribution in [0.3, 0.4) is 0 Å². The zero-order chi connectivity index (χ0) is 19.6. The second kappa shape index (κ2) is 11.2. The van der Waals surface area contributed by atoms with Crippen molar-refractivity contribution in [1.82, 2.24) is 4.90 Å². The van der Waals surface area contributed by atoms with Crippen molar-refractivity contribution in [3.05, 3.63) is 66.0 Å². The van der Waals surface area contributed by atoms with Crippen molar-refractivity contribution < 1.29 is 4.39 Å². The summed E-state index contributed by atoms with van der Waals surface area (Å²) in [6.07, 6.45) is 5.78. The number of halogens is 1. The van der Waals surface area contributed by atoms with Crippen LogP contribution in [0.2, 0.25) is 0 Å². The minimum Gasteiger partial charge on any atom is -0.371 e. The molecule has 3 rings (SSSR count). The Bertz CT molecular complexity index is 674. The summed E-state index contributed by atoms with van der Waals surface area (Å²) in [7, 11) is 0. The first-order valence-corrected chi connectivity index (χ1v) is 10.7. The van der Waals surface area contributed by atoms with E-state index in [1.807, 2.05) is 12.1 Å². The summed E-state index contributed by atoms with van der Waals surface area (Å²) in [5.74, 6) is 0.539. The summed E-state index contributed by atoms with van der Waals surface area (Å²) < 4.78 is 13.1. The van der Waals surface area contributed by atoms with Gasteiger partial charge in [0, 0.05) is 31.9 Å². The molecule has 1 aliphatic rings. The molecule has 4 heteroatoms. The van der Waals surface area contributed by atoms with Crippen LogP contribution < -0.4 is 10.6 Å². The molecule has 1 fully saturated rings. The number of unbranched alkanes of at least 4 members (excludes halogenated alkanes) is 1. The van der Waals surface area contributed by atoms with E-state index in [-0.39, 0.29) is 5.82 Å². The number of anilines is 1. The van der Waals surface area contributed by atoms with Gasteiger partial charge in [0.1, 0.15) is 5.82 Å². The maximum Gasteiger partial charge on any atom is 0.123 e. The van der Waals surface area contributed by atoms with Crippen molar-refractivity contribution in [1.29, 1.82) is 0 Å². The lowest BCUT2D eigenvalue weighted by molar-refractivity contribution is 0.178. The van der Waals surface area contributed by atoms with Crippen LogP contribution in [-0.2, 0) is 6.42 Å². The Labute approximate surface area is 169 Å². The minimum atomic E-state index is -0.155. The molecule has 1 aliphatic heterocycles. The first kappa shape index (κ1) is 20.8. The molecule has 3 nitrogen and oxygen atoms in total. The van der Waals surface area contributed by atoms with E-state index in [2.05, 4.69) is 40.1 Å². The van der Waals surface area contributed by atoms with Gasteiger partial charge in [-0.15, -0.1) is 0 Å². The molecule has 1 heterocycles. The van der Waals surface area contributed by atoms with Crippen molar-refractivity contribution in [3.63, 3.8) is 0 Å². The smallest absolute Gasteiger partial charge is 0.123 e. The highest BCUT2D eigenvalue weighted by molar-refractivity contribution is 5.46. The molecule has 2 aromatic carbocycles. The first-order valence-electron chi connectivity index (χ1n) is 10.7. The number of likely N-dealkylation sites (tertiary alicyclic amines) is 1. The van der Waals surface area contributed by atoms with Crippen LogP contribution in [0.5, 0.6) is 0 Å². The number of hydrogen-bond donors (Lipinski definition) is 1. The molecular formula is C24H34FN3. The van der Waals surface area contributed by atoms with Gasteiger partial charge in [0.25, 0.3) is 0 Å². The van der Waals surface area contributed by atoms with Crippen molar-refractivity contribution in [2.75, 3.05) is 44.2 Å². The second-order valence-electron chi connectivity index (χ2n) is 7.96. The maximum absolute atomic E-state index is 13.1. The number of hydrogen-bond acceptors (Lipinski definition) is 3. The van der Waals surface area contributed by atoms with Crippen LogP contribution in [0.4, 0.5) is 10.1 Å². The number of nitrogens with two attached hydrogens (primary N) is 1. The van der Waals surface area contributed by atoms with E-state index < -0.39 is 0 Å². The fraction of sp³-hybridized carbons (Fsp3) is 0.500. The van der Waals surface area contributed by atoms with Crippen molar-refractivity contribution in [2.45, 2.75) is 32.1 Å². The lowest BCUT2D eigenvalue weighted by atomic mass is 9.96. The Morgan fingerprint density at radius 2 is 1.82 bits per heavy atom. The van der Waals surface area contributed by atoms with Crippen molar-refractivity contribution >= 4 is 5.69 Å². The number of benzene rings is 2. The van der Waals surface area contributed by atoms with Gasteiger partial charge in [0.15, 0.2) is 0 Å². The van der Waals surface area contributed by atoms with Gasteiger partial charge in [-0.2, -0.15) is 0 Å². The molecule has 0 saturated carbocycles. The summed E-state index contributed by atoms with van der Waals surface area (Å²) in [5.41, 5.74) is 8.24. The fourth-order valence-electron chi connectivity index (χ4n) is 4.16. The SMILES string of the molecule is NCCCCN(CC1CCCN(CCc2ccc(F)cc2)C1)c1ccccc1. The Morgan fingerprint density at radius 3 is 2.57 bits per heavy atom. The highest BCUT2D eigenvalue weighted by Crippen LogP contribution is 2.22. The predicted octanol–water partition coefficient (Wildman–Crippen LogP) is 4.33. The van der Waals surface area contributed by atoms with Crippen molar-refractivity contribution in [3.8, 4) is 0 Å². The summed E-state index contributed by atoms with van der Waals surface area (Å²) in [6.45, 7) is 6.34. The molecule has 2 aromatic rings. The molecule has 152 valence electrons. The summed E-state index contributed by atoms with van der Waals surface area (Å²) in [4.78, 5) is 5.13. The van der Waals surface area contributed by atoms with E-state index in [1.165, 1.54) is 30.6 Å². The maximum atomic E-state index is 13.1. The lowest BCUT2D eigenvalue weighted by Crippen LogP contribution is -2.42. The first-order chi connectivity index (χ1) is 13.7. The third-order valence-electron chi connectivity index (χ3n) is 5.72. The van der Waals surface area contributed by atoms with Crippen LogP contribution in [0.1, 0.15) is 31.2 Å². The van der Waals surface area contributed by atoms with Crippen molar-refractivity contribution in [2.24, 2.45) is 11.7 Å². The van der Waals surface area contributed by atoms with E-state index in [4.69, 9.17) is 5.73 Å². The predicted molar refractivity (Wildman–Crippen MR) is 116 cm³/mol. The molecule has 0 radical (unpaired) electrons. The van der Waals surface area contributed by atoms with Gasteiger partial charge in [-0.3, -0.25) is 0 Å². The minimum absolute atomic E-state index is 0.155. The highest BCUT2D eigenvalue weighted by Gasteiger charge is 2.22. The van der Waals surface area contributed by atoms with Crippen LogP contribution in [0.25, 0.3) is 0 Å². The zero-order valence-corrected chi connectivity index (χ0v) is 16.9. The number of rotatable bonds is 10. The average Bonchev–Trinajstić information content (AvgIpc) is 2.74. The normalized spacial score (nSPS) is 17.6. The Hall–Kier alpha value is -1.91. The van der Waals surface area contributed by atoms with Gasteiger partial charge in [-0.1, -0.05) is 30.3 Å². The van der Waals surface area contributed by atoms with Gasteiger partial charge in [-0.25, -0.2) is 4.39 Å². The molecule has 0 aliphatic carbocycles. The third kappa shape index (κ3) is 6.61. The third-order valence-corrected chi connectivity index (χ3v) is 5.72. The van der Waals surface area contributed by atoms with Crippen LogP contribution in [0.15, 0.2) is 54.6 Å². The highest BCUT2D eigenvalue weighted by atomic mass is 19.1. The summed E-state index contributed by atoms with van der Waals surface area (Å²) in [6, 6.07) is 17.7. The van der Waals surface area contributed by atoms with E-state index in [0.29, 0.717) is 5.92 Å². The average molecular weight is 384 g/mol. The van der Waals surface area contributed by atoms with E-state index in [9.17, 15) is 4.39 Å². The van der Waals surface area contributed by atoms with Gasteiger partial charge in [-0.05, 0) is 80.9 Å². The molecule has 2 N–H and O–H groups in total. The molecule has 1 atom stereocenters. The molecule has 0 aromatic heterocycles. The molecule has 1 unspecified atom stereocenters. The van der Waals surface area contributed by atoms with E-state index >= 15 is 0 Å². The fourth-order valence-corrected chi connectivity index (χ4v) is 4.16. The number of piperidine rings is 1. The molecule has 28 heavy (non-hydrogen) atoms. The Morgan fingerprint density at radius 1 is 1.04 bits per heavy atom. The monoisotopic (exact) mass is 383 g/mol. The summed E-state index contributed by atoms with van der Waals surface area (Å²) in [5, 5.41) is 0. The lowest BCUT2D eigenvalue weighted by Gasteiger charge is -2.36. The standard InChI is InChI=1S/C24H34FN3/c25-23-12-10-21(11-13-23)14-18-27-16-6-7-22(19-27)20-28(17-5-4-15-26)24-8-2-1-3-9-24/h1-3,8-13,22H,4-7,14-20,26H2. The number of nitrogens with zero attached hydrogens (tertiary/aromatic N) is 2. The quantitative estimate of drug-likeness (QED) is 0.620. The van der Waals surface area contributed by atoms with E-state index in [0.717, 1.165) is 52.0 Å². The topological polar surface area (TPSA) is 32.5 Å². The Kier molecular flexibility index (Phi) is 8.31. The molecule has 0 bridgehead atoms. The molecule has 0 spiro atoms. The zero-order valence-electron chi connectivity index (χ0n) is 16.9. The van der Waals surface area contributed by atoms with Crippen LogP contribution in [-0.4, -0.2) is 44.2 Å². The molecule has 1 saturated heterocycles. The van der Waals surface area contributed by atoms with Gasteiger partial charge in [0.2, 0.25) is 0 Å². The summed E-state index contributed by atoms with van der Waals surface area (Å²) >= 11 is 0. The largest absolute Gasteiger partial charge is 0.371 e. The molecule has 0 amide bonds. The van der Waals surface area contributed by atoms with Gasteiger partial charge in [0.05, 0.1) is 0 Å². The van der Waals surface area contributed by atoms with Gasteiger partial charge >= 0.3 is 0 Å². The van der Waals surface area contributed by atoms with E-state index in [1.54, 1.807) is 12.1 Å². The van der Waals surface area contributed by atoms with Crippen LogP contribution in [0, 0.1) is 11.7 Å².